The molecule has 1 fully saturated rings. The van der Waals surface area contributed by atoms with Gasteiger partial charge in [-0.3, -0.25) is 4.79 Å². The molecule has 9 heteroatoms. The number of nitrogens with zero attached hydrogens (tertiary/aromatic N) is 2. The molecule has 1 aliphatic rings. The number of piperidine rings is 1. The lowest BCUT2D eigenvalue weighted by Crippen LogP contribution is -2.45. The standard InChI is InChI=1S/C11H17N3O5S/c1-6-3-8(11(15)16)5-14(4-6)20(17,18)9-7(2)19-13-10(9)12/h6,8H,3-5H2,1-2H3,(H2,12,13)(H,15,16). The van der Waals surface area contributed by atoms with Crippen molar-refractivity contribution in [2.45, 2.75) is 25.2 Å². The molecule has 8 nitrogen and oxygen atoms in total. The molecule has 1 aliphatic heterocycles. The number of carboxylic acid groups (broad SMARTS) is 1. The molecule has 0 spiro atoms. The Morgan fingerprint density at radius 1 is 1.50 bits per heavy atom. The summed E-state index contributed by atoms with van der Waals surface area (Å²) in [5, 5.41) is 12.5. The number of carboxylic acids is 1. The Morgan fingerprint density at radius 2 is 2.15 bits per heavy atom. The van der Waals surface area contributed by atoms with Crippen molar-refractivity contribution >= 4 is 21.8 Å². The topological polar surface area (TPSA) is 127 Å². The maximum atomic E-state index is 12.6. The number of aliphatic carboxylic acids is 1. The van der Waals surface area contributed by atoms with E-state index in [-0.39, 0.29) is 35.5 Å². The van der Waals surface area contributed by atoms with E-state index in [1.54, 1.807) is 0 Å². The smallest absolute Gasteiger partial charge is 0.307 e. The first kappa shape index (κ1) is 14.8. The fourth-order valence-electron chi connectivity index (χ4n) is 2.50. The monoisotopic (exact) mass is 303 g/mol. The molecular weight excluding hydrogens is 286 g/mol. The number of nitrogen functional groups attached to an aromatic ring is 1. The second-order valence-corrected chi connectivity index (χ2v) is 7.03. The van der Waals surface area contributed by atoms with Crippen LogP contribution in [0.1, 0.15) is 19.1 Å². The summed E-state index contributed by atoms with van der Waals surface area (Å²) >= 11 is 0. The van der Waals surface area contributed by atoms with Crippen LogP contribution >= 0.6 is 0 Å². The molecule has 2 rings (SSSR count). The second-order valence-electron chi connectivity index (χ2n) is 5.15. The average molecular weight is 303 g/mol. The molecule has 0 aliphatic carbocycles. The first-order valence-corrected chi connectivity index (χ1v) is 7.62. The Kier molecular flexibility index (Phi) is 3.74. The number of aromatic nitrogens is 1. The maximum absolute atomic E-state index is 12.6. The molecule has 0 saturated carbocycles. The van der Waals surface area contributed by atoms with Crippen LogP contribution in [0.3, 0.4) is 0 Å². The molecule has 20 heavy (non-hydrogen) atoms. The lowest BCUT2D eigenvalue weighted by molar-refractivity contribution is -0.143. The Hall–Kier alpha value is -1.61. The van der Waals surface area contributed by atoms with Crippen LogP contribution in [0.2, 0.25) is 0 Å². The van der Waals surface area contributed by atoms with Crippen LogP contribution in [0.4, 0.5) is 5.82 Å². The van der Waals surface area contributed by atoms with E-state index in [0.29, 0.717) is 6.42 Å². The zero-order chi connectivity index (χ0) is 15.1. The van der Waals surface area contributed by atoms with E-state index in [1.807, 2.05) is 6.92 Å². The lowest BCUT2D eigenvalue weighted by atomic mass is 9.92. The van der Waals surface area contributed by atoms with E-state index < -0.39 is 21.9 Å². The van der Waals surface area contributed by atoms with Gasteiger partial charge in [-0.2, -0.15) is 4.31 Å². The molecule has 0 radical (unpaired) electrons. The second kappa shape index (κ2) is 5.06. The lowest BCUT2D eigenvalue weighted by Gasteiger charge is -2.33. The van der Waals surface area contributed by atoms with Crippen molar-refractivity contribution < 1.29 is 22.8 Å². The third-order valence-electron chi connectivity index (χ3n) is 3.41. The van der Waals surface area contributed by atoms with Crippen molar-refractivity contribution in [2.24, 2.45) is 11.8 Å². The third kappa shape index (κ3) is 2.50. The van der Waals surface area contributed by atoms with Crippen molar-refractivity contribution in [3.05, 3.63) is 5.76 Å². The van der Waals surface area contributed by atoms with Crippen molar-refractivity contribution in [3.8, 4) is 0 Å². The Labute approximate surface area is 116 Å². The highest BCUT2D eigenvalue weighted by Gasteiger charge is 2.39. The van der Waals surface area contributed by atoms with Gasteiger partial charge in [-0.25, -0.2) is 8.42 Å². The predicted molar refractivity (Wildman–Crippen MR) is 69.3 cm³/mol. The van der Waals surface area contributed by atoms with Gasteiger partial charge < -0.3 is 15.4 Å². The van der Waals surface area contributed by atoms with Gasteiger partial charge in [-0.1, -0.05) is 12.1 Å². The minimum Gasteiger partial charge on any atom is -0.481 e. The third-order valence-corrected chi connectivity index (χ3v) is 5.40. The number of carbonyl (C=O) groups is 1. The molecule has 112 valence electrons. The average Bonchev–Trinajstić information content (AvgIpc) is 2.68. The molecular formula is C11H17N3O5S. The van der Waals surface area contributed by atoms with Gasteiger partial charge in [0.2, 0.25) is 10.0 Å². The number of sulfonamides is 1. The van der Waals surface area contributed by atoms with Crippen molar-refractivity contribution in [2.75, 3.05) is 18.8 Å². The zero-order valence-electron chi connectivity index (χ0n) is 11.2. The van der Waals surface area contributed by atoms with Crippen LogP contribution in [0, 0.1) is 18.8 Å². The molecule has 2 unspecified atom stereocenters. The Morgan fingerprint density at radius 3 is 2.65 bits per heavy atom. The minimum atomic E-state index is -3.89. The van der Waals surface area contributed by atoms with Crippen LogP contribution in [-0.2, 0) is 14.8 Å². The van der Waals surface area contributed by atoms with E-state index in [0.717, 1.165) is 4.31 Å². The van der Waals surface area contributed by atoms with Crippen LogP contribution < -0.4 is 5.73 Å². The van der Waals surface area contributed by atoms with Crippen LogP contribution in [-0.4, -0.2) is 42.0 Å². The summed E-state index contributed by atoms with van der Waals surface area (Å²) in [6.07, 6.45) is 0.458. The number of anilines is 1. The molecule has 0 amide bonds. The van der Waals surface area contributed by atoms with Gasteiger partial charge in [0, 0.05) is 13.1 Å². The van der Waals surface area contributed by atoms with Crippen LogP contribution in [0.15, 0.2) is 9.42 Å². The zero-order valence-corrected chi connectivity index (χ0v) is 12.1. The molecule has 1 aromatic heterocycles. The quantitative estimate of drug-likeness (QED) is 0.821. The fourth-order valence-corrected chi connectivity index (χ4v) is 4.29. The Balaban J connectivity index is 2.37. The maximum Gasteiger partial charge on any atom is 0.307 e. The van der Waals surface area contributed by atoms with E-state index in [1.165, 1.54) is 6.92 Å². The van der Waals surface area contributed by atoms with E-state index >= 15 is 0 Å². The highest BCUT2D eigenvalue weighted by atomic mass is 32.2. The highest BCUT2D eigenvalue weighted by Crippen LogP contribution is 2.30. The number of hydrogen-bond donors (Lipinski definition) is 2. The Bertz CT molecular complexity index is 605. The van der Waals surface area contributed by atoms with E-state index in [4.69, 9.17) is 15.4 Å². The largest absolute Gasteiger partial charge is 0.481 e. The molecule has 2 heterocycles. The van der Waals surface area contributed by atoms with Gasteiger partial charge in [-0.15, -0.1) is 0 Å². The first-order valence-electron chi connectivity index (χ1n) is 6.18. The van der Waals surface area contributed by atoms with E-state index in [2.05, 4.69) is 5.16 Å². The highest BCUT2D eigenvalue weighted by molar-refractivity contribution is 7.89. The predicted octanol–water partition coefficient (Wildman–Crippen LogP) is 0.297. The summed E-state index contributed by atoms with van der Waals surface area (Å²) in [7, 11) is -3.89. The van der Waals surface area contributed by atoms with Crippen molar-refractivity contribution in [3.63, 3.8) is 0 Å². The molecule has 0 bridgehead atoms. The molecule has 2 atom stereocenters. The normalized spacial score (nSPS) is 24.7. The van der Waals surface area contributed by atoms with Gasteiger partial charge >= 0.3 is 5.97 Å². The van der Waals surface area contributed by atoms with Crippen LogP contribution in [0.25, 0.3) is 0 Å². The summed E-state index contributed by atoms with van der Waals surface area (Å²) in [6.45, 7) is 3.47. The summed E-state index contributed by atoms with van der Waals surface area (Å²) in [6, 6.07) is 0. The van der Waals surface area contributed by atoms with Gasteiger partial charge in [-0.05, 0) is 19.3 Å². The summed E-state index contributed by atoms with van der Waals surface area (Å²) in [5.74, 6) is -1.84. The fraction of sp³-hybridized carbons (Fsp3) is 0.636. The molecule has 1 saturated heterocycles. The number of aryl methyl sites for hydroxylation is 1. The van der Waals surface area contributed by atoms with Gasteiger partial charge in [0.15, 0.2) is 16.5 Å². The first-order chi connectivity index (χ1) is 9.23. The summed E-state index contributed by atoms with van der Waals surface area (Å²) < 4.78 is 31.0. The summed E-state index contributed by atoms with van der Waals surface area (Å²) in [5.41, 5.74) is 5.54. The van der Waals surface area contributed by atoms with Crippen molar-refractivity contribution in [1.29, 1.82) is 0 Å². The molecule has 0 aromatic carbocycles. The molecule has 3 N–H and O–H groups in total. The number of hydrogen-bond acceptors (Lipinski definition) is 6. The SMILES string of the molecule is Cc1onc(N)c1S(=O)(=O)N1CC(C)CC(C(=O)O)C1. The van der Waals surface area contributed by atoms with Gasteiger partial charge in [0.05, 0.1) is 5.92 Å². The minimum absolute atomic E-state index is 0.0407. The van der Waals surface area contributed by atoms with Crippen molar-refractivity contribution in [1.82, 2.24) is 9.46 Å². The van der Waals surface area contributed by atoms with Gasteiger partial charge in [0.1, 0.15) is 0 Å². The molecule has 1 aromatic rings. The van der Waals surface area contributed by atoms with Crippen LogP contribution in [0.5, 0.6) is 0 Å². The van der Waals surface area contributed by atoms with Gasteiger partial charge in [0.25, 0.3) is 0 Å². The van der Waals surface area contributed by atoms with E-state index in [9.17, 15) is 13.2 Å². The number of nitrogens with two attached hydrogens (primary N) is 1. The number of rotatable bonds is 3. The summed E-state index contributed by atoms with van der Waals surface area (Å²) in [4.78, 5) is 10.9.